The van der Waals surface area contributed by atoms with Gasteiger partial charge >= 0.3 is 5.97 Å². The van der Waals surface area contributed by atoms with E-state index < -0.39 is 0 Å². The van der Waals surface area contributed by atoms with Crippen molar-refractivity contribution in [3.05, 3.63) is 70.9 Å². The van der Waals surface area contributed by atoms with Gasteiger partial charge < -0.3 is 9.64 Å². The van der Waals surface area contributed by atoms with Crippen molar-refractivity contribution in [3.63, 3.8) is 0 Å². The summed E-state index contributed by atoms with van der Waals surface area (Å²) >= 11 is 0. The summed E-state index contributed by atoms with van der Waals surface area (Å²) in [6.45, 7) is 9.45. The second-order valence-electron chi connectivity index (χ2n) is 8.78. The molecule has 0 unspecified atom stereocenters. The minimum Gasteiger partial charge on any atom is -0.466 e. The molecule has 0 saturated carbocycles. The van der Waals surface area contributed by atoms with Crippen LogP contribution in [0, 0.1) is 26.7 Å². The number of piperidine rings is 1. The highest BCUT2D eigenvalue weighted by Gasteiger charge is 2.30. The molecule has 2 heterocycles. The zero-order chi connectivity index (χ0) is 23.5. The van der Waals surface area contributed by atoms with E-state index in [1.165, 1.54) is 11.1 Å². The van der Waals surface area contributed by atoms with E-state index in [-0.39, 0.29) is 17.8 Å². The number of hydrogen-bond acceptors (Lipinski definition) is 4. The van der Waals surface area contributed by atoms with E-state index in [1.807, 2.05) is 55.1 Å². The van der Waals surface area contributed by atoms with Crippen LogP contribution in [0.15, 0.2) is 48.5 Å². The highest BCUT2D eigenvalue weighted by atomic mass is 16.5. The number of aryl methyl sites for hydroxylation is 3. The van der Waals surface area contributed by atoms with Crippen LogP contribution in [0.3, 0.4) is 0 Å². The maximum atomic E-state index is 13.6. The number of likely N-dealkylation sites (tertiary alicyclic amines) is 1. The van der Waals surface area contributed by atoms with Crippen molar-refractivity contribution in [2.45, 2.75) is 40.5 Å². The number of carbonyl (C=O) groups is 2. The molecule has 6 heteroatoms. The third-order valence-corrected chi connectivity index (χ3v) is 6.41. The van der Waals surface area contributed by atoms with Gasteiger partial charge in [-0.25, -0.2) is 4.68 Å². The molecule has 1 saturated heterocycles. The highest BCUT2D eigenvalue weighted by Crippen LogP contribution is 2.26. The number of aromatic nitrogens is 2. The van der Waals surface area contributed by atoms with E-state index in [4.69, 9.17) is 9.84 Å². The molecule has 172 valence electrons. The summed E-state index contributed by atoms with van der Waals surface area (Å²) in [5.74, 6) is -0.367. The maximum Gasteiger partial charge on any atom is 0.309 e. The van der Waals surface area contributed by atoms with Gasteiger partial charge in [-0.05, 0) is 75.9 Å². The number of hydrogen-bond donors (Lipinski definition) is 0. The Kier molecular flexibility index (Phi) is 6.63. The van der Waals surface area contributed by atoms with Crippen LogP contribution in [0.2, 0.25) is 0 Å². The number of esters is 1. The van der Waals surface area contributed by atoms with Gasteiger partial charge in [0.2, 0.25) is 0 Å². The van der Waals surface area contributed by atoms with Crippen molar-refractivity contribution >= 4 is 11.9 Å². The van der Waals surface area contributed by atoms with Crippen molar-refractivity contribution in [2.75, 3.05) is 19.7 Å². The first-order chi connectivity index (χ1) is 15.9. The number of amides is 1. The van der Waals surface area contributed by atoms with E-state index in [9.17, 15) is 9.59 Å². The van der Waals surface area contributed by atoms with Crippen molar-refractivity contribution in [1.29, 1.82) is 0 Å². The molecule has 33 heavy (non-hydrogen) atoms. The van der Waals surface area contributed by atoms with E-state index in [0.29, 0.717) is 38.2 Å². The first-order valence-corrected chi connectivity index (χ1v) is 11.6. The monoisotopic (exact) mass is 445 g/mol. The Bertz CT molecular complexity index is 1160. The standard InChI is InChI=1S/C27H31N3O3/c1-5-33-27(32)21-12-14-29(15-13-21)26(31)25-17-24(22-9-8-19(3)20(4)16-22)28-30(25)23-10-6-18(2)7-11-23/h6-11,16-17,21H,5,12-15H2,1-4H3. The van der Waals surface area contributed by atoms with Gasteiger partial charge in [-0.15, -0.1) is 0 Å². The molecular weight excluding hydrogens is 414 g/mol. The quantitative estimate of drug-likeness (QED) is 0.525. The van der Waals surface area contributed by atoms with Crippen LogP contribution < -0.4 is 0 Å². The number of carbonyl (C=O) groups excluding carboxylic acids is 2. The van der Waals surface area contributed by atoms with Gasteiger partial charge in [-0.2, -0.15) is 5.10 Å². The van der Waals surface area contributed by atoms with Crippen LogP contribution >= 0.6 is 0 Å². The second kappa shape index (κ2) is 9.61. The molecule has 0 radical (unpaired) electrons. The average Bonchev–Trinajstić information content (AvgIpc) is 3.26. The molecule has 1 aromatic heterocycles. The SMILES string of the molecule is CCOC(=O)C1CCN(C(=O)c2cc(-c3ccc(C)c(C)c3)nn2-c2ccc(C)cc2)CC1. The molecule has 2 aromatic carbocycles. The molecule has 0 spiro atoms. The zero-order valence-corrected chi connectivity index (χ0v) is 19.8. The second-order valence-corrected chi connectivity index (χ2v) is 8.78. The topological polar surface area (TPSA) is 64.4 Å². The van der Waals surface area contributed by atoms with E-state index in [2.05, 4.69) is 26.0 Å². The van der Waals surface area contributed by atoms with Crippen LogP contribution in [-0.2, 0) is 9.53 Å². The summed E-state index contributed by atoms with van der Waals surface area (Å²) in [5.41, 5.74) is 6.68. The predicted molar refractivity (Wildman–Crippen MR) is 128 cm³/mol. The van der Waals surface area contributed by atoms with Crippen molar-refractivity contribution in [2.24, 2.45) is 5.92 Å². The summed E-state index contributed by atoms with van der Waals surface area (Å²) in [4.78, 5) is 27.5. The first-order valence-electron chi connectivity index (χ1n) is 11.6. The van der Waals surface area contributed by atoms with Crippen LogP contribution in [-0.4, -0.2) is 46.3 Å². The first kappa shape index (κ1) is 22.8. The van der Waals surface area contributed by atoms with E-state index in [0.717, 1.165) is 22.5 Å². The fourth-order valence-electron chi connectivity index (χ4n) is 4.20. The van der Waals surface area contributed by atoms with Crippen LogP contribution in [0.4, 0.5) is 0 Å². The smallest absolute Gasteiger partial charge is 0.309 e. The molecule has 4 rings (SSSR count). The van der Waals surface area contributed by atoms with Crippen molar-refractivity contribution in [3.8, 4) is 16.9 Å². The zero-order valence-electron chi connectivity index (χ0n) is 19.8. The minimum atomic E-state index is -0.161. The molecule has 0 N–H and O–H groups in total. The third kappa shape index (κ3) is 4.85. The van der Waals surface area contributed by atoms with E-state index in [1.54, 1.807) is 4.68 Å². The van der Waals surface area contributed by atoms with Gasteiger partial charge in [0.1, 0.15) is 5.69 Å². The number of rotatable bonds is 5. The fraction of sp³-hybridized carbons (Fsp3) is 0.370. The lowest BCUT2D eigenvalue weighted by atomic mass is 9.97. The lowest BCUT2D eigenvalue weighted by Gasteiger charge is -2.30. The van der Waals surface area contributed by atoms with Crippen LogP contribution in [0.1, 0.15) is 46.9 Å². The Morgan fingerprint density at radius 3 is 2.30 bits per heavy atom. The van der Waals surface area contributed by atoms with Gasteiger partial charge in [0, 0.05) is 18.7 Å². The number of nitrogens with zero attached hydrogens (tertiary/aromatic N) is 3. The third-order valence-electron chi connectivity index (χ3n) is 6.41. The van der Waals surface area contributed by atoms with Crippen molar-refractivity contribution < 1.29 is 14.3 Å². The molecule has 0 atom stereocenters. The molecule has 1 aliphatic heterocycles. The van der Waals surface area contributed by atoms with Gasteiger partial charge in [0.15, 0.2) is 0 Å². The average molecular weight is 446 g/mol. The van der Waals surface area contributed by atoms with Crippen LogP contribution in [0.5, 0.6) is 0 Å². The largest absolute Gasteiger partial charge is 0.466 e. The Balaban J connectivity index is 1.65. The molecule has 1 amide bonds. The molecule has 1 aliphatic rings. The Morgan fingerprint density at radius 1 is 0.970 bits per heavy atom. The Morgan fingerprint density at radius 2 is 1.67 bits per heavy atom. The summed E-state index contributed by atoms with van der Waals surface area (Å²) in [7, 11) is 0. The summed E-state index contributed by atoms with van der Waals surface area (Å²) < 4.78 is 6.90. The summed E-state index contributed by atoms with van der Waals surface area (Å²) in [6, 6.07) is 16.1. The molecule has 0 aliphatic carbocycles. The normalized spacial score (nSPS) is 14.4. The van der Waals surface area contributed by atoms with Gasteiger partial charge in [0.25, 0.3) is 5.91 Å². The lowest BCUT2D eigenvalue weighted by Crippen LogP contribution is -2.41. The fourth-order valence-corrected chi connectivity index (χ4v) is 4.20. The predicted octanol–water partition coefficient (Wildman–Crippen LogP) is 4.88. The minimum absolute atomic E-state index is 0.0690. The molecule has 1 fully saturated rings. The Hall–Kier alpha value is -3.41. The summed E-state index contributed by atoms with van der Waals surface area (Å²) in [5, 5.41) is 4.83. The summed E-state index contributed by atoms with van der Waals surface area (Å²) in [6.07, 6.45) is 1.24. The van der Waals surface area contributed by atoms with Crippen molar-refractivity contribution in [1.82, 2.24) is 14.7 Å². The maximum absolute atomic E-state index is 13.6. The number of benzene rings is 2. The van der Waals surface area contributed by atoms with Gasteiger partial charge in [0.05, 0.1) is 23.9 Å². The Labute approximate surface area is 195 Å². The van der Waals surface area contributed by atoms with Gasteiger partial charge in [-0.3, -0.25) is 9.59 Å². The van der Waals surface area contributed by atoms with E-state index >= 15 is 0 Å². The number of ether oxygens (including phenoxy) is 1. The van der Waals surface area contributed by atoms with Gasteiger partial charge in [-0.1, -0.05) is 29.8 Å². The lowest BCUT2D eigenvalue weighted by molar-refractivity contribution is -0.149. The van der Waals surface area contributed by atoms with Crippen LogP contribution in [0.25, 0.3) is 16.9 Å². The molecule has 3 aromatic rings. The highest BCUT2D eigenvalue weighted by molar-refractivity contribution is 5.94. The molecule has 6 nitrogen and oxygen atoms in total. The molecular formula is C27H31N3O3. The molecule has 0 bridgehead atoms.